The van der Waals surface area contributed by atoms with Gasteiger partial charge in [-0.25, -0.2) is 0 Å². The lowest BCUT2D eigenvalue weighted by molar-refractivity contribution is 0.0518. The summed E-state index contributed by atoms with van der Waals surface area (Å²) in [4.78, 5) is 0. The van der Waals surface area contributed by atoms with E-state index >= 15 is 0 Å². The van der Waals surface area contributed by atoms with Crippen LogP contribution in [-0.4, -0.2) is 19.3 Å². The third-order valence-electron chi connectivity index (χ3n) is 3.11. The molecular formula is C10H21NO. The molecule has 1 aliphatic rings. The summed E-state index contributed by atoms with van der Waals surface area (Å²) in [5, 5.41) is 0. The molecule has 2 nitrogen and oxygen atoms in total. The molecule has 1 rings (SSSR count). The number of hydrogen-bond acceptors (Lipinski definition) is 2. The molecule has 0 aromatic rings. The fourth-order valence-electron chi connectivity index (χ4n) is 1.84. The zero-order valence-corrected chi connectivity index (χ0v) is 8.25. The van der Waals surface area contributed by atoms with Crippen LogP contribution in [0.3, 0.4) is 0 Å². The van der Waals surface area contributed by atoms with E-state index < -0.39 is 0 Å². The summed E-state index contributed by atoms with van der Waals surface area (Å²) < 4.78 is 5.31. The largest absolute Gasteiger partial charge is 0.381 e. The Labute approximate surface area is 75.5 Å². The van der Waals surface area contributed by atoms with Crippen molar-refractivity contribution >= 4 is 0 Å². The van der Waals surface area contributed by atoms with Crippen molar-refractivity contribution in [2.45, 2.75) is 39.2 Å². The minimum Gasteiger partial charge on any atom is -0.381 e. The molecule has 0 radical (unpaired) electrons. The molecule has 0 spiro atoms. The summed E-state index contributed by atoms with van der Waals surface area (Å²) in [6, 6.07) is 0.388. The van der Waals surface area contributed by atoms with Gasteiger partial charge in [0.1, 0.15) is 0 Å². The second-order valence-electron chi connectivity index (χ2n) is 3.91. The third-order valence-corrected chi connectivity index (χ3v) is 3.11. The van der Waals surface area contributed by atoms with Crippen LogP contribution in [-0.2, 0) is 4.74 Å². The van der Waals surface area contributed by atoms with E-state index in [9.17, 15) is 0 Å². The lowest BCUT2D eigenvalue weighted by Crippen LogP contribution is -2.39. The molecule has 2 N–H and O–H groups in total. The highest BCUT2D eigenvalue weighted by Crippen LogP contribution is 2.23. The summed E-state index contributed by atoms with van der Waals surface area (Å²) in [7, 11) is 0. The van der Waals surface area contributed by atoms with Gasteiger partial charge in [0.15, 0.2) is 0 Å². The van der Waals surface area contributed by atoms with Gasteiger partial charge in [0.2, 0.25) is 0 Å². The Morgan fingerprint density at radius 3 is 2.50 bits per heavy atom. The monoisotopic (exact) mass is 171 g/mol. The predicted molar refractivity (Wildman–Crippen MR) is 51.0 cm³/mol. The maximum Gasteiger partial charge on any atom is 0.0469 e. The van der Waals surface area contributed by atoms with Crippen LogP contribution in [0.4, 0.5) is 0 Å². The second-order valence-corrected chi connectivity index (χ2v) is 3.91. The Balaban J connectivity index is 2.33. The lowest BCUT2D eigenvalue weighted by atomic mass is 9.84. The van der Waals surface area contributed by atoms with E-state index in [0.717, 1.165) is 26.1 Å². The molecule has 1 aliphatic heterocycles. The van der Waals surface area contributed by atoms with E-state index in [1.807, 2.05) is 0 Å². The Bertz CT molecular complexity index is 121. The number of ether oxygens (including phenoxy) is 1. The highest BCUT2D eigenvalue weighted by atomic mass is 16.5. The molecule has 1 saturated heterocycles. The first-order valence-electron chi connectivity index (χ1n) is 5.09. The van der Waals surface area contributed by atoms with Crippen LogP contribution in [0.5, 0.6) is 0 Å². The van der Waals surface area contributed by atoms with Gasteiger partial charge in [0, 0.05) is 19.3 Å². The number of nitrogens with two attached hydrogens (primary N) is 1. The van der Waals surface area contributed by atoms with Gasteiger partial charge in [-0.3, -0.25) is 0 Å². The van der Waals surface area contributed by atoms with Crippen LogP contribution in [0.2, 0.25) is 0 Å². The van der Waals surface area contributed by atoms with E-state index in [-0.39, 0.29) is 0 Å². The zero-order valence-electron chi connectivity index (χ0n) is 8.25. The average Bonchev–Trinajstić information content (AvgIpc) is 2.17. The van der Waals surface area contributed by atoms with Gasteiger partial charge in [-0.05, 0) is 24.7 Å². The standard InChI is InChI=1S/C10H21NO/c1-3-8(2)10(11)9-4-6-12-7-5-9/h8-10H,3-7,11H2,1-2H3. The van der Waals surface area contributed by atoms with Crippen molar-refractivity contribution in [1.82, 2.24) is 0 Å². The minimum absolute atomic E-state index is 0.388. The summed E-state index contributed by atoms with van der Waals surface area (Å²) in [5.74, 6) is 1.36. The summed E-state index contributed by atoms with van der Waals surface area (Å²) in [6.45, 7) is 6.29. The van der Waals surface area contributed by atoms with Crippen LogP contribution < -0.4 is 5.73 Å². The van der Waals surface area contributed by atoms with E-state index in [2.05, 4.69) is 13.8 Å². The van der Waals surface area contributed by atoms with Crippen molar-refractivity contribution < 1.29 is 4.74 Å². The SMILES string of the molecule is CCC(C)C(N)C1CCOCC1. The summed E-state index contributed by atoms with van der Waals surface area (Å²) in [5.41, 5.74) is 6.15. The second kappa shape index (κ2) is 4.83. The maximum absolute atomic E-state index is 6.15. The molecule has 12 heavy (non-hydrogen) atoms. The summed E-state index contributed by atoms with van der Waals surface area (Å²) in [6.07, 6.45) is 3.51. The van der Waals surface area contributed by atoms with Gasteiger partial charge in [-0.2, -0.15) is 0 Å². The van der Waals surface area contributed by atoms with Crippen LogP contribution in [0.1, 0.15) is 33.1 Å². The predicted octanol–water partition coefficient (Wildman–Crippen LogP) is 1.79. The molecule has 0 aromatic carbocycles. The lowest BCUT2D eigenvalue weighted by Gasteiger charge is -2.31. The van der Waals surface area contributed by atoms with Crippen molar-refractivity contribution in [3.63, 3.8) is 0 Å². The van der Waals surface area contributed by atoms with Crippen molar-refractivity contribution in [2.75, 3.05) is 13.2 Å². The third kappa shape index (κ3) is 2.46. The Morgan fingerprint density at radius 1 is 1.42 bits per heavy atom. The molecule has 0 bridgehead atoms. The van der Waals surface area contributed by atoms with E-state index in [0.29, 0.717) is 17.9 Å². The molecule has 1 fully saturated rings. The molecule has 0 saturated carbocycles. The average molecular weight is 171 g/mol. The maximum atomic E-state index is 6.15. The van der Waals surface area contributed by atoms with Gasteiger partial charge < -0.3 is 10.5 Å². The van der Waals surface area contributed by atoms with Crippen molar-refractivity contribution in [1.29, 1.82) is 0 Å². The van der Waals surface area contributed by atoms with Crippen molar-refractivity contribution in [3.8, 4) is 0 Å². The molecule has 2 heteroatoms. The van der Waals surface area contributed by atoms with E-state index in [1.165, 1.54) is 6.42 Å². The first kappa shape index (κ1) is 10.0. The van der Waals surface area contributed by atoms with Crippen molar-refractivity contribution in [2.24, 2.45) is 17.6 Å². The summed E-state index contributed by atoms with van der Waals surface area (Å²) >= 11 is 0. The first-order valence-corrected chi connectivity index (χ1v) is 5.09. The smallest absolute Gasteiger partial charge is 0.0469 e. The minimum atomic E-state index is 0.388. The van der Waals surface area contributed by atoms with Crippen LogP contribution in [0.25, 0.3) is 0 Å². The molecule has 72 valence electrons. The highest BCUT2D eigenvalue weighted by molar-refractivity contribution is 4.78. The van der Waals surface area contributed by atoms with Gasteiger partial charge in [-0.15, -0.1) is 0 Å². The molecular weight excluding hydrogens is 150 g/mol. The molecule has 2 atom stereocenters. The fraction of sp³-hybridized carbons (Fsp3) is 1.00. The van der Waals surface area contributed by atoms with Crippen molar-refractivity contribution in [3.05, 3.63) is 0 Å². The fourth-order valence-corrected chi connectivity index (χ4v) is 1.84. The normalized spacial score (nSPS) is 25.2. The van der Waals surface area contributed by atoms with Gasteiger partial charge in [0.25, 0.3) is 0 Å². The molecule has 0 amide bonds. The van der Waals surface area contributed by atoms with Gasteiger partial charge >= 0.3 is 0 Å². The van der Waals surface area contributed by atoms with Gasteiger partial charge in [-0.1, -0.05) is 20.3 Å². The zero-order chi connectivity index (χ0) is 8.97. The first-order chi connectivity index (χ1) is 5.75. The van der Waals surface area contributed by atoms with E-state index in [1.54, 1.807) is 0 Å². The molecule has 2 unspecified atom stereocenters. The van der Waals surface area contributed by atoms with Crippen LogP contribution in [0.15, 0.2) is 0 Å². The van der Waals surface area contributed by atoms with Crippen LogP contribution in [0, 0.1) is 11.8 Å². The molecule has 0 aliphatic carbocycles. The molecule has 0 aromatic heterocycles. The quantitative estimate of drug-likeness (QED) is 0.702. The van der Waals surface area contributed by atoms with Crippen LogP contribution >= 0.6 is 0 Å². The highest BCUT2D eigenvalue weighted by Gasteiger charge is 2.23. The van der Waals surface area contributed by atoms with Gasteiger partial charge in [0.05, 0.1) is 0 Å². The van der Waals surface area contributed by atoms with E-state index in [4.69, 9.17) is 10.5 Å². The Morgan fingerprint density at radius 2 is 2.00 bits per heavy atom. The number of rotatable bonds is 3. The Kier molecular flexibility index (Phi) is 4.02. The topological polar surface area (TPSA) is 35.2 Å². The molecule has 1 heterocycles. The number of hydrogen-bond donors (Lipinski definition) is 1. The Hall–Kier alpha value is -0.0800.